The van der Waals surface area contributed by atoms with Gasteiger partial charge in [-0.2, -0.15) is 0 Å². The summed E-state index contributed by atoms with van der Waals surface area (Å²) in [5, 5.41) is 0. The number of methoxy groups -OCH3 is 1. The van der Waals surface area contributed by atoms with Crippen LogP contribution in [0.4, 0.5) is 0 Å². The van der Waals surface area contributed by atoms with Gasteiger partial charge in [-0.1, -0.05) is 20.8 Å². The Morgan fingerprint density at radius 2 is 2.07 bits per heavy atom. The van der Waals surface area contributed by atoms with Crippen LogP contribution >= 0.6 is 0 Å². The first-order chi connectivity index (χ1) is 6.57. The van der Waals surface area contributed by atoms with Crippen molar-refractivity contribution in [1.29, 1.82) is 0 Å². The summed E-state index contributed by atoms with van der Waals surface area (Å²) in [4.78, 5) is 11.7. The van der Waals surface area contributed by atoms with Crippen LogP contribution in [0.3, 0.4) is 0 Å². The fourth-order valence-corrected chi connectivity index (χ4v) is 2.32. The van der Waals surface area contributed by atoms with Gasteiger partial charge < -0.3 is 9.47 Å². The number of hydrogen-bond acceptors (Lipinski definition) is 3. The van der Waals surface area contributed by atoms with Crippen molar-refractivity contribution in [1.82, 2.24) is 0 Å². The van der Waals surface area contributed by atoms with Crippen molar-refractivity contribution in [3.8, 4) is 0 Å². The first-order valence-corrected chi connectivity index (χ1v) is 5.23. The lowest BCUT2D eigenvalue weighted by Crippen LogP contribution is -2.52. The number of esters is 1. The van der Waals surface area contributed by atoms with Gasteiger partial charge in [0.25, 0.3) is 0 Å². The molecule has 0 N–H and O–H groups in total. The van der Waals surface area contributed by atoms with Crippen molar-refractivity contribution < 1.29 is 14.3 Å². The third kappa shape index (κ3) is 1.78. The highest BCUT2D eigenvalue weighted by Gasteiger charge is 2.49. The molecule has 1 heterocycles. The van der Waals surface area contributed by atoms with Gasteiger partial charge in [-0.15, -0.1) is 0 Å². The van der Waals surface area contributed by atoms with Crippen LogP contribution in [0, 0.1) is 17.3 Å². The Labute approximate surface area is 85.8 Å². The molecule has 3 nitrogen and oxygen atoms in total. The monoisotopic (exact) mass is 200 g/mol. The van der Waals surface area contributed by atoms with Crippen LogP contribution in [0.25, 0.3) is 0 Å². The molecule has 0 saturated carbocycles. The molecule has 1 unspecified atom stereocenters. The minimum atomic E-state index is -0.0925. The second kappa shape index (κ2) is 4.30. The summed E-state index contributed by atoms with van der Waals surface area (Å²) in [5.74, 6) is 0.197. The Hall–Kier alpha value is -0.570. The van der Waals surface area contributed by atoms with Crippen molar-refractivity contribution in [2.75, 3.05) is 20.3 Å². The smallest absolute Gasteiger partial charge is 0.309 e. The number of ether oxygens (including phenoxy) is 2. The van der Waals surface area contributed by atoms with Gasteiger partial charge in [-0.05, 0) is 12.3 Å². The summed E-state index contributed by atoms with van der Waals surface area (Å²) >= 11 is 0. The lowest BCUT2D eigenvalue weighted by molar-refractivity contribution is -0.185. The second-order valence-corrected chi connectivity index (χ2v) is 4.45. The van der Waals surface area contributed by atoms with Gasteiger partial charge in [0.05, 0.1) is 26.2 Å². The van der Waals surface area contributed by atoms with E-state index in [-0.39, 0.29) is 17.3 Å². The van der Waals surface area contributed by atoms with Crippen LogP contribution in [0.5, 0.6) is 0 Å². The second-order valence-electron chi connectivity index (χ2n) is 4.45. The molecule has 0 radical (unpaired) electrons. The highest BCUT2D eigenvalue weighted by Crippen LogP contribution is 2.43. The molecule has 0 aromatic rings. The van der Waals surface area contributed by atoms with E-state index in [0.717, 1.165) is 6.42 Å². The molecule has 1 aliphatic rings. The largest absolute Gasteiger partial charge is 0.469 e. The van der Waals surface area contributed by atoms with Crippen LogP contribution in [0.15, 0.2) is 0 Å². The van der Waals surface area contributed by atoms with Crippen LogP contribution in [-0.2, 0) is 14.3 Å². The van der Waals surface area contributed by atoms with Crippen LogP contribution in [0.1, 0.15) is 27.2 Å². The molecule has 14 heavy (non-hydrogen) atoms. The van der Waals surface area contributed by atoms with E-state index in [0.29, 0.717) is 19.1 Å². The van der Waals surface area contributed by atoms with Crippen LogP contribution < -0.4 is 0 Å². The minimum absolute atomic E-state index is 0.0220. The predicted octanol–water partition coefficient (Wildman–Crippen LogP) is 1.86. The maximum atomic E-state index is 11.7. The Kier molecular flexibility index (Phi) is 3.53. The normalized spacial score (nSPS) is 21.5. The molecule has 0 spiro atoms. The van der Waals surface area contributed by atoms with Crippen molar-refractivity contribution in [3.05, 3.63) is 0 Å². The lowest BCUT2D eigenvalue weighted by atomic mass is 9.67. The highest BCUT2D eigenvalue weighted by atomic mass is 16.5. The van der Waals surface area contributed by atoms with Gasteiger partial charge >= 0.3 is 5.97 Å². The Morgan fingerprint density at radius 3 is 2.29 bits per heavy atom. The van der Waals surface area contributed by atoms with Gasteiger partial charge in [0, 0.05) is 5.41 Å². The van der Waals surface area contributed by atoms with E-state index in [2.05, 4.69) is 20.8 Å². The third-order valence-corrected chi connectivity index (χ3v) is 3.26. The lowest BCUT2D eigenvalue weighted by Gasteiger charge is -2.46. The van der Waals surface area contributed by atoms with Crippen LogP contribution in [-0.4, -0.2) is 26.3 Å². The third-order valence-electron chi connectivity index (χ3n) is 3.26. The number of carbonyl (C=O) groups excluding carboxylic acids is 1. The fraction of sp³-hybridized carbons (Fsp3) is 0.909. The maximum absolute atomic E-state index is 11.7. The molecular weight excluding hydrogens is 180 g/mol. The molecule has 1 rings (SSSR count). The topological polar surface area (TPSA) is 35.5 Å². The Morgan fingerprint density at radius 1 is 1.50 bits per heavy atom. The molecule has 82 valence electrons. The summed E-state index contributed by atoms with van der Waals surface area (Å²) in [6, 6.07) is 0. The average Bonchev–Trinajstić information content (AvgIpc) is 2.09. The highest BCUT2D eigenvalue weighted by molar-refractivity contribution is 5.73. The van der Waals surface area contributed by atoms with Crippen molar-refractivity contribution in [3.63, 3.8) is 0 Å². The summed E-state index contributed by atoms with van der Waals surface area (Å²) in [6.45, 7) is 7.64. The molecule has 1 aliphatic heterocycles. The molecule has 0 bridgehead atoms. The van der Waals surface area contributed by atoms with Gasteiger partial charge in [-0.3, -0.25) is 4.79 Å². The first kappa shape index (κ1) is 11.5. The van der Waals surface area contributed by atoms with E-state index in [1.54, 1.807) is 0 Å². The first-order valence-electron chi connectivity index (χ1n) is 5.23. The van der Waals surface area contributed by atoms with E-state index < -0.39 is 0 Å². The quantitative estimate of drug-likeness (QED) is 0.650. The molecule has 0 amide bonds. The van der Waals surface area contributed by atoms with Gasteiger partial charge in [-0.25, -0.2) is 0 Å². The van der Waals surface area contributed by atoms with Crippen LogP contribution in [0.2, 0.25) is 0 Å². The maximum Gasteiger partial charge on any atom is 0.309 e. The Balaban J connectivity index is 2.80. The fourth-order valence-electron chi connectivity index (χ4n) is 2.32. The molecule has 3 heteroatoms. The van der Waals surface area contributed by atoms with E-state index in [9.17, 15) is 4.79 Å². The zero-order valence-corrected chi connectivity index (χ0v) is 9.50. The summed E-state index contributed by atoms with van der Waals surface area (Å²) < 4.78 is 10.1. The molecule has 0 aromatic heterocycles. The zero-order chi connectivity index (χ0) is 10.8. The predicted molar refractivity (Wildman–Crippen MR) is 53.9 cm³/mol. The number of hydrogen-bond donors (Lipinski definition) is 0. The van der Waals surface area contributed by atoms with Gasteiger partial charge in [0.15, 0.2) is 0 Å². The SMILES string of the molecule is CCC1(C(C(=O)OC)C(C)C)COC1. The van der Waals surface area contributed by atoms with E-state index in [1.165, 1.54) is 7.11 Å². The van der Waals surface area contributed by atoms with Crippen molar-refractivity contribution in [2.45, 2.75) is 27.2 Å². The van der Waals surface area contributed by atoms with Gasteiger partial charge in [0.2, 0.25) is 0 Å². The average molecular weight is 200 g/mol. The summed E-state index contributed by atoms with van der Waals surface area (Å²) in [6.07, 6.45) is 0.977. The molecular formula is C11H20O3. The summed E-state index contributed by atoms with van der Waals surface area (Å²) in [7, 11) is 1.46. The van der Waals surface area contributed by atoms with Crippen molar-refractivity contribution in [2.24, 2.45) is 17.3 Å². The minimum Gasteiger partial charge on any atom is -0.469 e. The Bertz CT molecular complexity index is 201. The molecule has 1 atom stereocenters. The molecule has 1 fully saturated rings. The standard InChI is InChI=1S/C11H20O3/c1-5-11(6-14-7-11)9(8(2)3)10(12)13-4/h8-9H,5-7H2,1-4H3. The molecule has 0 aliphatic carbocycles. The number of rotatable bonds is 4. The van der Waals surface area contributed by atoms with Crippen molar-refractivity contribution >= 4 is 5.97 Å². The van der Waals surface area contributed by atoms with E-state index in [4.69, 9.17) is 9.47 Å². The van der Waals surface area contributed by atoms with E-state index in [1.807, 2.05) is 0 Å². The van der Waals surface area contributed by atoms with E-state index >= 15 is 0 Å². The molecule has 0 aromatic carbocycles. The number of carbonyl (C=O) groups is 1. The summed E-state index contributed by atoms with van der Waals surface area (Å²) in [5.41, 5.74) is 0.0290. The zero-order valence-electron chi connectivity index (χ0n) is 9.50. The van der Waals surface area contributed by atoms with Gasteiger partial charge in [0.1, 0.15) is 0 Å². The molecule has 1 saturated heterocycles.